The van der Waals surface area contributed by atoms with Crippen molar-refractivity contribution >= 4 is 35.1 Å². The predicted octanol–water partition coefficient (Wildman–Crippen LogP) is 5.97. The Morgan fingerprint density at radius 2 is 1.70 bits per heavy atom. The normalized spacial score (nSPS) is 11.8. The predicted molar refractivity (Wildman–Crippen MR) is 133 cm³/mol. The van der Waals surface area contributed by atoms with Crippen molar-refractivity contribution in [3.63, 3.8) is 0 Å². The number of hydrogen-bond acceptors (Lipinski definition) is 5. The highest BCUT2D eigenvalue weighted by Gasteiger charge is 2.22. The molecule has 1 unspecified atom stereocenters. The summed E-state index contributed by atoms with van der Waals surface area (Å²) in [5.74, 6) is -0.0711. The molecule has 4 aromatic rings. The van der Waals surface area contributed by atoms with E-state index < -0.39 is 5.25 Å². The Bertz CT molecular complexity index is 1250. The number of hydrogen-bond donors (Lipinski definition) is 1. The van der Waals surface area contributed by atoms with Crippen LogP contribution in [0.3, 0.4) is 0 Å². The Hall–Kier alpha value is -3.10. The average molecular weight is 479 g/mol. The molecule has 1 atom stereocenters. The Labute approximate surface area is 200 Å². The summed E-state index contributed by atoms with van der Waals surface area (Å²) in [7, 11) is 0. The number of nitrogens with zero attached hydrogens (tertiary/aromatic N) is 3. The molecule has 0 fully saturated rings. The standard InChI is InChI=1S/C25H23FN4OS2/c1-17(24(31)27-21-14-8-9-15-22(21)32-2)33-25-29-28-23(19-12-6-7-13-20(19)26)30(25)16-18-10-4-3-5-11-18/h3-15,17H,16H2,1-2H3,(H,27,31). The summed E-state index contributed by atoms with van der Waals surface area (Å²) < 4.78 is 16.4. The highest BCUT2D eigenvalue weighted by atomic mass is 32.2. The van der Waals surface area contributed by atoms with Crippen LogP contribution in [0.4, 0.5) is 10.1 Å². The second-order valence-corrected chi connectivity index (χ2v) is 9.46. The van der Waals surface area contributed by atoms with Crippen molar-refractivity contribution in [3.05, 3.63) is 90.2 Å². The number of carbonyl (C=O) groups excluding carboxylic acids is 1. The molecule has 8 heteroatoms. The van der Waals surface area contributed by atoms with Crippen molar-refractivity contribution < 1.29 is 9.18 Å². The Balaban J connectivity index is 1.61. The summed E-state index contributed by atoms with van der Waals surface area (Å²) in [5.41, 5.74) is 2.18. The van der Waals surface area contributed by atoms with Gasteiger partial charge in [0.25, 0.3) is 0 Å². The molecule has 0 saturated carbocycles. The van der Waals surface area contributed by atoms with E-state index in [0.29, 0.717) is 23.1 Å². The van der Waals surface area contributed by atoms with Crippen LogP contribution in [-0.2, 0) is 11.3 Å². The molecular weight excluding hydrogens is 455 g/mol. The molecule has 1 N–H and O–H groups in total. The van der Waals surface area contributed by atoms with Gasteiger partial charge in [-0.2, -0.15) is 0 Å². The van der Waals surface area contributed by atoms with E-state index in [1.807, 2.05) is 72.3 Å². The first kappa shape index (κ1) is 23.1. The van der Waals surface area contributed by atoms with Crippen LogP contribution < -0.4 is 5.32 Å². The number of anilines is 1. The smallest absolute Gasteiger partial charge is 0.237 e. The lowest BCUT2D eigenvalue weighted by Crippen LogP contribution is -2.23. The van der Waals surface area contributed by atoms with E-state index in [-0.39, 0.29) is 11.7 Å². The first-order valence-corrected chi connectivity index (χ1v) is 12.5. The van der Waals surface area contributed by atoms with Crippen LogP contribution in [0.15, 0.2) is 88.9 Å². The summed E-state index contributed by atoms with van der Waals surface area (Å²) in [5, 5.41) is 11.7. The maximum absolute atomic E-state index is 14.6. The molecule has 4 rings (SSSR count). The van der Waals surface area contributed by atoms with Gasteiger partial charge in [0.15, 0.2) is 11.0 Å². The van der Waals surface area contributed by atoms with Crippen LogP contribution in [0, 0.1) is 5.82 Å². The molecule has 3 aromatic carbocycles. The topological polar surface area (TPSA) is 59.8 Å². The van der Waals surface area contributed by atoms with Gasteiger partial charge in [-0.15, -0.1) is 22.0 Å². The number of thioether (sulfide) groups is 2. The van der Waals surface area contributed by atoms with Crippen molar-refractivity contribution in [3.8, 4) is 11.4 Å². The molecule has 5 nitrogen and oxygen atoms in total. The number of benzene rings is 3. The van der Waals surface area contributed by atoms with Gasteiger partial charge in [-0.05, 0) is 43.0 Å². The molecule has 0 bridgehead atoms. The largest absolute Gasteiger partial charge is 0.324 e. The molecule has 1 amide bonds. The van der Waals surface area contributed by atoms with Crippen molar-refractivity contribution in [1.29, 1.82) is 0 Å². The molecule has 33 heavy (non-hydrogen) atoms. The van der Waals surface area contributed by atoms with Gasteiger partial charge in [0.1, 0.15) is 5.82 Å². The summed E-state index contributed by atoms with van der Waals surface area (Å²) >= 11 is 2.88. The van der Waals surface area contributed by atoms with E-state index >= 15 is 0 Å². The zero-order chi connectivity index (χ0) is 23.2. The van der Waals surface area contributed by atoms with E-state index in [0.717, 1.165) is 16.1 Å². The molecule has 0 aliphatic heterocycles. The summed E-state index contributed by atoms with van der Waals surface area (Å²) in [6, 6.07) is 24.0. The summed E-state index contributed by atoms with van der Waals surface area (Å²) in [6.45, 7) is 2.29. The third-order valence-electron chi connectivity index (χ3n) is 5.03. The molecular formula is C25H23FN4OS2. The fourth-order valence-corrected chi connectivity index (χ4v) is 4.72. The molecule has 1 heterocycles. The van der Waals surface area contributed by atoms with Gasteiger partial charge in [0.05, 0.1) is 23.0 Å². The fraction of sp³-hybridized carbons (Fsp3) is 0.160. The number of amides is 1. The third kappa shape index (κ3) is 5.46. The van der Waals surface area contributed by atoms with Crippen molar-refractivity contribution in [2.24, 2.45) is 0 Å². The van der Waals surface area contributed by atoms with Gasteiger partial charge < -0.3 is 5.32 Å². The van der Waals surface area contributed by atoms with Crippen LogP contribution in [-0.4, -0.2) is 32.2 Å². The van der Waals surface area contributed by atoms with Gasteiger partial charge in [0, 0.05) is 4.90 Å². The average Bonchev–Trinajstić information content (AvgIpc) is 3.22. The first-order chi connectivity index (χ1) is 16.1. The monoisotopic (exact) mass is 478 g/mol. The van der Waals surface area contributed by atoms with Crippen LogP contribution in [0.2, 0.25) is 0 Å². The quantitative estimate of drug-likeness (QED) is 0.316. The Morgan fingerprint density at radius 1 is 1.00 bits per heavy atom. The number of rotatable bonds is 8. The molecule has 168 valence electrons. The zero-order valence-electron chi connectivity index (χ0n) is 18.2. The minimum atomic E-state index is -0.438. The van der Waals surface area contributed by atoms with E-state index in [1.165, 1.54) is 17.8 Å². The van der Waals surface area contributed by atoms with Crippen LogP contribution in [0.25, 0.3) is 11.4 Å². The van der Waals surface area contributed by atoms with Crippen molar-refractivity contribution in [1.82, 2.24) is 14.8 Å². The Morgan fingerprint density at radius 3 is 2.45 bits per heavy atom. The molecule has 0 saturated heterocycles. The SMILES string of the molecule is CSc1ccccc1NC(=O)C(C)Sc1nnc(-c2ccccc2F)n1Cc1ccccc1. The van der Waals surface area contributed by atoms with Crippen molar-refractivity contribution in [2.45, 2.75) is 28.8 Å². The van der Waals surface area contributed by atoms with E-state index in [9.17, 15) is 9.18 Å². The van der Waals surface area contributed by atoms with Gasteiger partial charge in [-0.25, -0.2) is 4.39 Å². The molecule has 1 aromatic heterocycles. The highest BCUT2D eigenvalue weighted by molar-refractivity contribution is 8.00. The number of nitrogens with one attached hydrogen (secondary N) is 1. The van der Waals surface area contributed by atoms with Crippen LogP contribution in [0.5, 0.6) is 0 Å². The zero-order valence-corrected chi connectivity index (χ0v) is 19.9. The van der Waals surface area contributed by atoms with Crippen LogP contribution in [0.1, 0.15) is 12.5 Å². The van der Waals surface area contributed by atoms with E-state index in [2.05, 4.69) is 15.5 Å². The van der Waals surface area contributed by atoms with E-state index in [4.69, 9.17) is 0 Å². The van der Waals surface area contributed by atoms with Gasteiger partial charge in [-0.1, -0.05) is 66.4 Å². The Kier molecular flexibility index (Phi) is 7.47. The molecule has 0 radical (unpaired) electrons. The van der Waals surface area contributed by atoms with Gasteiger partial charge in [-0.3, -0.25) is 9.36 Å². The number of halogens is 1. The third-order valence-corrected chi connectivity index (χ3v) is 6.91. The molecule has 0 aliphatic rings. The minimum Gasteiger partial charge on any atom is -0.324 e. The first-order valence-electron chi connectivity index (χ1n) is 10.4. The second kappa shape index (κ2) is 10.7. The van der Waals surface area contributed by atoms with Crippen molar-refractivity contribution in [2.75, 3.05) is 11.6 Å². The lowest BCUT2D eigenvalue weighted by atomic mass is 10.2. The van der Waals surface area contributed by atoms with Crippen LogP contribution >= 0.6 is 23.5 Å². The van der Waals surface area contributed by atoms with Gasteiger partial charge >= 0.3 is 0 Å². The molecule has 0 spiro atoms. The van der Waals surface area contributed by atoms with Gasteiger partial charge in [0.2, 0.25) is 5.91 Å². The lowest BCUT2D eigenvalue weighted by molar-refractivity contribution is -0.115. The number of carbonyl (C=O) groups is 1. The maximum atomic E-state index is 14.6. The summed E-state index contributed by atoms with van der Waals surface area (Å²) in [6.07, 6.45) is 1.97. The van der Waals surface area contributed by atoms with E-state index in [1.54, 1.807) is 30.0 Å². The highest BCUT2D eigenvalue weighted by Crippen LogP contribution is 2.30. The molecule has 0 aliphatic carbocycles. The number of aromatic nitrogens is 3. The lowest BCUT2D eigenvalue weighted by Gasteiger charge is -2.15. The fourth-order valence-electron chi connectivity index (χ4n) is 3.32. The maximum Gasteiger partial charge on any atom is 0.237 e. The number of para-hydroxylation sites is 1. The minimum absolute atomic E-state index is 0.136. The summed E-state index contributed by atoms with van der Waals surface area (Å²) in [4.78, 5) is 13.9. The second-order valence-electron chi connectivity index (χ2n) is 7.31.